The normalized spacial score (nSPS) is 10.4. The summed E-state index contributed by atoms with van der Waals surface area (Å²) in [5.74, 6) is -0.240. The van der Waals surface area contributed by atoms with Crippen LogP contribution in [0.3, 0.4) is 0 Å². The van der Waals surface area contributed by atoms with E-state index in [1.807, 2.05) is 7.05 Å². The van der Waals surface area contributed by atoms with E-state index in [0.717, 1.165) is 5.69 Å². The highest BCUT2D eigenvalue weighted by Gasteiger charge is 2.04. The molecule has 1 aromatic carbocycles. The predicted octanol–water partition coefficient (Wildman–Crippen LogP) is 3.27. The smallest absolute Gasteiger partial charge is 0.171 e. The molecule has 0 spiro atoms. The lowest BCUT2D eigenvalue weighted by atomic mass is 10.2. The summed E-state index contributed by atoms with van der Waals surface area (Å²) in [5, 5.41) is 6.57. The Morgan fingerprint density at radius 1 is 1.25 bits per heavy atom. The molecular weight excluding hydrogens is 273 g/mol. The number of thiocarbonyl (C=S) groups is 1. The number of rotatable bonds is 3. The Balaban J connectivity index is 1.92. The molecule has 0 aliphatic rings. The van der Waals surface area contributed by atoms with E-state index in [1.165, 1.54) is 11.8 Å². The first-order valence-electron chi connectivity index (χ1n) is 6.39. The highest BCUT2D eigenvalue weighted by atomic mass is 32.1. The molecule has 2 N–H and O–H groups in total. The molecule has 1 heterocycles. The number of halogens is 1. The standard InChI is InChI=1S/C15H18FN3S/c1-10-4-6-12(8-14(10)16)18-15(20)17-9-13-7-5-11(2)19(13)3/h4-8H,9H2,1-3H3,(H2,17,18,20). The fraction of sp³-hybridized carbons (Fsp3) is 0.267. The zero-order valence-corrected chi connectivity index (χ0v) is 12.6. The van der Waals surface area contributed by atoms with E-state index in [2.05, 4.69) is 34.3 Å². The van der Waals surface area contributed by atoms with Crippen molar-refractivity contribution in [1.29, 1.82) is 0 Å². The van der Waals surface area contributed by atoms with Crippen molar-refractivity contribution in [2.24, 2.45) is 7.05 Å². The third-order valence-electron chi connectivity index (χ3n) is 3.34. The lowest BCUT2D eigenvalue weighted by Crippen LogP contribution is -2.28. The SMILES string of the molecule is Cc1ccc(NC(=S)NCc2ccc(C)n2C)cc1F. The van der Waals surface area contributed by atoms with E-state index >= 15 is 0 Å². The van der Waals surface area contributed by atoms with E-state index in [-0.39, 0.29) is 5.82 Å². The average Bonchev–Trinajstić information content (AvgIpc) is 2.72. The van der Waals surface area contributed by atoms with E-state index in [9.17, 15) is 4.39 Å². The van der Waals surface area contributed by atoms with Crippen molar-refractivity contribution in [3.63, 3.8) is 0 Å². The van der Waals surface area contributed by atoms with Gasteiger partial charge in [0.15, 0.2) is 5.11 Å². The molecule has 0 saturated carbocycles. The van der Waals surface area contributed by atoms with Crippen LogP contribution in [0, 0.1) is 19.7 Å². The van der Waals surface area contributed by atoms with Gasteiger partial charge in [-0.25, -0.2) is 4.39 Å². The summed E-state index contributed by atoms with van der Waals surface area (Å²) in [5.41, 5.74) is 3.60. The van der Waals surface area contributed by atoms with E-state index in [0.29, 0.717) is 22.9 Å². The molecule has 5 heteroatoms. The van der Waals surface area contributed by atoms with E-state index < -0.39 is 0 Å². The monoisotopic (exact) mass is 291 g/mol. The molecule has 3 nitrogen and oxygen atoms in total. The molecule has 2 aromatic rings. The Bertz CT molecular complexity index is 634. The van der Waals surface area contributed by atoms with Crippen LogP contribution in [0.4, 0.5) is 10.1 Å². The first-order valence-corrected chi connectivity index (χ1v) is 6.80. The lowest BCUT2D eigenvalue weighted by molar-refractivity contribution is 0.619. The van der Waals surface area contributed by atoms with Crippen LogP contribution < -0.4 is 10.6 Å². The van der Waals surface area contributed by atoms with Crippen molar-refractivity contribution in [2.75, 3.05) is 5.32 Å². The Labute approximate surface area is 123 Å². The molecule has 106 valence electrons. The Morgan fingerprint density at radius 3 is 2.60 bits per heavy atom. The second kappa shape index (κ2) is 6.05. The van der Waals surface area contributed by atoms with Crippen LogP contribution in [0.15, 0.2) is 30.3 Å². The minimum absolute atomic E-state index is 0.240. The second-order valence-corrected chi connectivity index (χ2v) is 5.20. The largest absolute Gasteiger partial charge is 0.357 e. The Morgan fingerprint density at radius 2 is 2.00 bits per heavy atom. The van der Waals surface area contributed by atoms with Gasteiger partial charge in [0, 0.05) is 24.1 Å². The molecule has 20 heavy (non-hydrogen) atoms. The molecule has 0 aliphatic heterocycles. The number of nitrogens with one attached hydrogen (secondary N) is 2. The van der Waals surface area contributed by atoms with Gasteiger partial charge < -0.3 is 15.2 Å². The van der Waals surface area contributed by atoms with Gasteiger partial charge in [0.2, 0.25) is 0 Å². The lowest BCUT2D eigenvalue weighted by Gasteiger charge is -2.12. The third-order valence-corrected chi connectivity index (χ3v) is 3.58. The molecule has 0 saturated heterocycles. The molecule has 0 bridgehead atoms. The Hall–Kier alpha value is -1.88. The number of benzene rings is 1. The minimum atomic E-state index is -0.240. The van der Waals surface area contributed by atoms with Crippen LogP contribution in [0.1, 0.15) is 17.0 Å². The first kappa shape index (κ1) is 14.5. The van der Waals surface area contributed by atoms with Crippen molar-refractivity contribution in [3.8, 4) is 0 Å². The first-order chi connectivity index (χ1) is 9.47. The summed E-state index contributed by atoms with van der Waals surface area (Å²) in [7, 11) is 2.01. The quantitative estimate of drug-likeness (QED) is 0.851. The van der Waals surface area contributed by atoms with Crippen molar-refractivity contribution in [2.45, 2.75) is 20.4 Å². The summed E-state index contributed by atoms with van der Waals surface area (Å²) >= 11 is 5.21. The van der Waals surface area contributed by atoms with Crippen molar-refractivity contribution >= 4 is 23.0 Å². The average molecular weight is 291 g/mol. The highest BCUT2D eigenvalue weighted by molar-refractivity contribution is 7.80. The molecular formula is C15H18FN3S. The molecule has 2 rings (SSSR count). The van der Waals surface area contributed by atoms with E-state index in [4.69, 9.17) is 12.2 Å². The van der Waals surface area contributed by atoms with Crippen LogP contribution >= 0.6 is 12.2 Å². The third kappa shape index (κ3) is 3.36. The molecule has 0 unspecified atom stereocenters. The Kier molecular flexibility index (Phi) is 4.39. The van der Waals surface area contributed by atoms with Gasteiger partial charge in [0.05, 0.1) is 6.54 Å². The van der Waals surface area contributed by atoms with Crippen LogP contribution in [-0.4, -0.2) is 9.68 Å². The number of aryl methyl sites for hydroxylation is 2. The summed E-state index contributed by atoms with van der Waals surface area (Å²) in [6.45, 7) is 4.41. The zero-order chi connectivity index (χ0) is 14.7. The van der Waals surface area contributed by atoms with Crippen molar-refractivity contribution < 1.29 is 4.39 Å². The number of nitrogens with zero attached hydrogens (tertiary/aromatic N) is 1. The molecule has 0 fully saturated rings. The van der Waals surface area contributed by atoms with Gasteiger partial charge in [-0.3, -0.25) is 0 Å². The molecule has 0 aliphatic carbocycles. The van der Waals surface area contributed by atoms with Crippen LogP contribution in [0.25, 0.3) is 0 Å². The van der Waals surface area contributed by atoms with Crippen LogP contribution in [-0.2, 0) is 13.6 Å². The van der Waals surface area contributed by atoms with Gasteiger partial charge in [-0.15, -0.1) is 0 Å². The summed E-state index contributed by atoms with van der Waals surface area (Å²) < 4.78 is 15.5. The fourth-order valence-corrected chi connectivity index (χ4v) is 2.05. The topological polar surface area (TPSA) is 29.0 Å². The van der Waals surface area contributed by atoms with Gasteiger partial charge in [-0.1, -0.05) is 6.07 Å². The number of hydrogen-bond acceptors (Lipinski definition) is 1. The van der Waals surface area contributed by atoms with Crippen molar-refractivity contribution in [3.05, 3.63) is 53.1 Å². The van der Waals surface area contributed by atoms with Crippen LogP contribution in [0.5, 0.6) is 0 Å². The second-order valence-electron chi connectivity index (χ2n) is 4.80. The van der Waals surface area contributed by atoms with Gasteiger partial charge >= 0.3 is 0 Å². The van der Waals surface area contributed by atoms with Gasteiger partial charge in [0.25, 0.3) is 0 Å². The van der Waals surface area contributed by atoms with Crippen molar-refractivity contribution in [1.82, 2.24) is 9.88 Å². The fourth-order valence-electron chi connectivity index (χ4n) is 1.86. The van der Waals surface area contributed by atoms with Gasteiger partial charge in [0.1, 0.15) is 5.82 Å². The van der Waals surface area contributed by atoms with Gasteiger partial charge in [-0.2, -0.15) is 0 Å². The number of hydrogen-bond donors (Lipinski definition) is 2. The predicted molar refractivity (Wildman–Crippen MR) is 84.3 cm³/mol. The number of aromatic nitrogens is 1. The maximum atomic E-state index is 13.4. The molecule has 1 aromatic heterocycles. The molecule has 0 amide bonds. The summed E-state index contributed by atoms with van der Waals surface area (Å²) in [4.78, 5) is 0. The maximum absolute atomic E-state index is 13.4. The summed E-state index contributed by atoms with van der Waals surface area (Å²) in [6.07, 6.45) is 0. The molecule has 0 radical (unpaired) electrons. The maximum Gasteiger partial charge on any atom is 0.171 e. The zero-order valence-electron chi connectivity index (χ0n) is 11.8. The minimum Gasteiger partial charge on any atom is -0.357 e. The molecule has 0 atom stereocenters. The number of anilines is 1. The summed E-state index contributed by atoms with van der Waals surface area (Å²) in [6, 6.07) is 9.08. The highest BCUT2D eigenvalue weighted by Crippen LogP contribution is 2.13. The van der Waals surface area contributed by atoms with Crippen LogP contribution in [0.2, 0.25) is 0 Å². The van der Waals surface area contributed by atoms with Gasteiger partial charge in [-0.05, 0) is 55.9 Å². The van der Waals surface area contributed by atoms with E-state index in [1.54, 1.807) is 19.1 Å².